The highest BCUT2D eigenvalue weighted by atomic mass is 28.4. The van der Waals surface area contributed by atoms with Gasteiger partial charge in [0.05, 0.1) is 5.60 Å². The molecule has 1 aromatic heterocycles. The number of likely N-dealkylation sites (tertiary alicyclic amines) is 1. The smallest absolute Gasteiger partial charge is 0.410 e. The summed E-state index contributed by atoms with van der Waals surface area (Å²) in [6.07, 6.45) is 5.96. The van der Waals surface area contributed by atoms with E-state index in [1.54, 1.807) is 0 Å². The largest absolute Gasteiger partial charge is 0.444 e. The summed E-state index contributed by atoms with van der Waals surface area (Å²) in [5.74, 6) is 0. The Kier molecular flexibility index (Phi) is 5.94. The SMILES string of the molecule is CC(C)(C)OC(=O)N1CCC(Cc2ccncc2)(O[Si](C)(C)C)CC1. The first kappa shape index (κ1) is 19.9. The minimum atomic E-state index is -1.71. The van der Waals surface area contributed by atoms with E-state index in [1.165, 1.54) is 5.56 Å². The maximum Gasteiger partial charge on any atom is 0.410 e. The van der Waals surface area contributed by atoms with Crippen molar-refractivity contribution in [2.75, 3.05) is 13.1 Å². The normalized spacial score (nSPS) is 18.1. The molecule has 1 amide bonds. The van der Waals surface area contributed by atoms with E-state index in [2.05, 4.69) is 36.8 Å². The Bertz CT molecular complexity index is 571. The molecule has 1 fully saturated rings. The highest BCUT2D eigenvalue weighted by Crippen LogP contribution is 2.33. The third-order valence-electron chi connectivity index (χ3n) is 4.12. The van der Waals surface area contributed by atoms with Crippen LogP contribution in [0.3, 0.4) is 0 Å². The third-order valence-corrected chi connectivity index (χ3v) is 5.17. The van der Waals surface area contributed by atoms with Crippen molar-refractivity contribution in [3.63, 3.8) is 0 Å². The monoisotopic (exact) mass is 364 g/mol. The number of pyridine rings is 1. The second kappa shape index (κ2) is 7.46. The van der Waals surface area contributed by atoms with Crippen molar-refractivity contribution in [2.24, 2.45) is 0 Å². The molecule has 2 rings (SSSR count). The van der Waals surface area contributed by atoms with E-state index in [0.717, 1.165) is 19.3 Å². The van der Waals surface area contributed by atoms with E-state index in [-0.39, 0.29) is 11.7 Å². The Morgan fingerprint density at radius 3 is 2.24 bits per heavy atom. The first-order chi connectivity index (χ1) is 11.5. The highest BCUT2D eigenvalue weighted by molar-refractivity contribution is 6.69. The number of aromatic nitrogens is 1. The van der Waals surface area contributed by atoms with Gasteiger partial charge in [-0.3, -0.25) is 4.98 Å². The number of rotatable bonds is 4. The predicted molar refractivity (Wildman–Crippen MR) is 102 cm³/mol. The molecule has 6 heteroatoms. The fourth-order valence-corrected chi connectivity index (χ4v) is 4.84. The number of nitrogens with zero attached hydrogens (tertiary/aromatic N) is 2. The molecule has 1 aromatic rings. The quantitative estimate of drug-likeness (QED) is 0.750. The lowest BCUT2D eigenvalue weighted by molar-refractivity contribution is -0.0212. The summed E-state index contributed by atoms with van der Waals surface area (Å²) < 4.78 is 12.2. The van der Waals surface area contributed by atoms with Crippen molar-refractivity contribution in [1.82, 2.24) is 9.88 Å². The van der Waals surface area contributed by atoms with Gasteiger partial charge in [-0.15, -0.1) is 0 Å². The third kappa shape index (κ3) is 6.43. The topological polar surface area (TPSA) is 51.7 Å². The van der Waals surface area contributed by atoms with E-state index in [4.69, 9.17) is 9.16 Å². The van der Waals surface area contributed by atoms with Gasteiger partial charge >= 0.3 is 6.09 Å². The van der Waals surface area contributed by atoms with Crippen LogP contribution >= 0.6 is 0 Å². The van der Waals surface area contributed by atoms with Gasteiger partial charge in [0.25, 0.3) is 0 Å². The summed E-state index contributed by atoms with van der Waals surface area (Å²) in [5.41, 5.74) is 0.570. The molecule has 2 heterocycles. The average molecular weight is 365 g/mol. The molecule has 1 saturated heterocycles. The number of piperidine rings is 1. The molecule has 0 spiro atoms. The summed E-state index contributed by atoms with van der Waals surface area (Å²) in [6, 6.07) is 4.10. The summed E-state index contributed by atoms with van der Waals surface area (Å²) >= 11 is 0. The number of hydrogen-bond acceptors (Lipinski definition) is 4. The summed E-state index contributed by atoms with van der Waals surface area (Å²) in [7, 11) is -1.71. The van der Waals surface area contributed by atoms with Gasteiger partial charge in [-0.05, 0) is 71.0 Å². The zero-order valence-electron chi connectivity index (χ0n) is 16.5. The van der Waals surface area contributed by atoms with E-state index < -0.39 is 13.9 Å². The molecule has 0 N–H and O–H groups in total. The molecule has 1 aliphatic heterocycles. The minimum Gasteiger partial charge on any atom is -0.444 e. The predicted octanol–water partition coefficient (Wildman–Crippen LogP) is 4.25. The van der Waals surface area contributed by atoms with Crippen LogP contribution in [-0.4, -0.2) is 48.6 Å². The van der Waals surface area contributed by atoms with Gasteiger partial charge in [0.15, 0.2) is 8.32 Å². The van der Waals surface area contributed by atoms with Gasteiger partial charge in [0, 0.05) is 31.9 Å². The molecule has 25 heavy (non-hydrogen) atoms. The maximum atomic E-state index is 12.3. The van der Waals surface area contributed by atoms with Crippen LogP contribution in [0.25, 0.3) is 0 Å². The molecule has 140 valence electrons. The van der Waals surface area contributed by atoms with Gasteiger partial charge in [-0.1, -0.05) is 0 Å². The van der Waals surface area contributed by atoms with Crippen LogP contribution in [0.2, 0.25) is 19.6 Å². The molecule has 0 saturated carbocycles. The molecular weight excluding hydrogens is 332 g/mol. The molecule has 0 unspecified atom stereocenters. The molecule has 0 aliphatic carbocycles. The molecule has 0 bridgehead atoms. The molecule has 0 aromatic carbocycles. The van der Waals surface area contributed by atoms with Gasteiger partial charge in [-0.2, -0.15) is 0 Å². The lowest BCUT2D eigenvalue weighted by Gasteiger charge is -2.45. The second-order valence-corrected chi connectivity index (χ2v) is 13.3. The van der Waals surface area contributed by atoms with Gasteiger partial charge < -0.3 is 14.1 Å². The Hall–Kier alpha value is -1.40. The van der Waals surface area contributed by atoms with E-state index in [1.807, 2.05) is 38.1 Å². The van der Waals surface area contributed by atoms with Crippen LogP contribution in [-0.2, 0) is 15.6 Å². The summed E-state index contributed by atoms with van der Waals surface area (Å²) in [5, 5.41) is 0. The number of carbonyl (C=O) groups excluding carboxylic acids is 1. The fraction of sp³-hybridized carbons (Fsp3) is 0.684. The maximum absolute atomic E-state index is 12.3. The number of ether oxygens (including phenoxy) is 1. The van der Waals surface area contributed by atoms with Crippen LogP contribution in [0.4, 0.5) is 4.79 Å². The fourth-order valence-electron chi connectivity index (χ4n) is 3.26. The minimum absolute atomic E-state index is 0.204. The van der Waals surface area contributed by atoms with Gasteiger partial charge in [0.1, 0.15) is 5.60 Å². The van der Waals surface area contributed by atoms with Crippen LogP contribution in [0.15, 0.2) is 24.5 Å². The molecule has 0 radical (unpaired) electrons. The van der Waals surface area contributed by atoms with Crippen LogP contribution < -0.4 is 0 Å². The Morgan fingerprint density at radius 2 is 1.76 bits per heavy atom. The second-order valence-electron chi connectivity index (χ2n) is 8.90. The van der Waals surface area contributed by atoms with Crippen molar-refractivity contribution in [1.29, 1.82) is 0 Å². The number of hydrogen-bond donors (Lipinski definition) is 0. The Balaban J connectivity index is 2.08. The number of amides is 1. The van der Waals surface area contributed by atoms with E-state index in [9.17, 15) is 4.79 Å². The molecule has 0 atom stereocenters. The zero-order valence-corrected chi connectivity index (χ0v) is 17.5. The van der Waals surface area contributed by atoms with Gasteiger partial charge in [0.2, 0.25) is 0 Å². The van der Waals surface area contributed by atoms with Crippen molar-refractivity contribution >= 4 is 14.4 Å². The number of carbonyl (C=O) groups is 1. The lowest BCUT2D eigenvalue weighted by atomic mass is 9.85. The first-order valence-corrected chi connectivity index (χ1v) is 12.5. The van der Waals surface area contributed by atoms with Crippen LogP contribution in [0.5, 0.6) is 0 Å². The molecule has 5 nitrogen and oxygen atoms in total. The van der Waals surface area contributed by atoms with Crippen molar-refractivity contribution < 1.29 is 14.0 Å². The van der Waals surface area contributed by atoms with E-state index in [0.29, 0.717) is 13.1 Å². The highest BCUT2D eigenvalue weighted by Gasteiger charge is 2.40. The molecular formula is C19H32N2O3Si. The first-order valence-electron chi connectivity index (χ1n) is 9.05. The zero-order chi connectivity index (χ0) is 18.7. The van der Waals surface area contributed by atoms with E-state index >= 15 is 0 Å². The van der Waals surface area contributed by atoms with Crippen LogP contribution in [0.1, 0.15) is 39.2 Å². The standard InChI is InChI=1S/C19H32N2O3Si/c1-18(2,3)23-17(22)21-13-9-19(10-14-21,24-25(4,5)6)15-16-7-11-20-12-8-16/h7-8,11-12H,9-10,13-15H2,1-6H3. The Labute approximate surface area is 152 Å². The lowest BCUT2D eigenvalue weighted by Crippen LogP contribution is -2.53. The van der Waals surface area contributed by atoms with Crippen molar-refractivity contribution in [3.8, 4) is 0 Å². The van der Waals surface area contributed by atoms with Crippen molar-refractivity contribution in [2.45, 2.75) is 70.9 Å². The van der Waals surface area contributed by atoms with Gasteiger partial charge in [-0.25, -0.2) is 4.79 Å². The van der Waals surface area contributed by atoms with Crippen molar-refractivity contribution in [3.05, 3.63) is 30.1 Å². The summed E-state index contributed by atoms with van der Waals surface area (Å²) in [6.45, 7) is 13.7. The Morgan fingerprint density at radius 1 is 1.20 bits per heavy atom. The van der Waals surface area contributed by atoms with Crippen LogP contribution in [0, 0.1) is 0 Å². The summed E-state index contributed by atoms with van der Waals surface area (Å²) in [4.78, 5) is 18.2. The average Bonchev–Trinajstić information content (AvgIpc) is 2.45. The molecule has 1 aliphatic rings.